The van der Waals surface area contributed by atoms with Crippen molar-refractivity contribution in [1.29, 1.82) is 0 Å². The summed E-state index contributed by atoms with van der Waals surface area (Å²) in [7, 11) is 0. The van der Waals surface area contributed by atoms with Crippen molar-refractivity contribution in [3.8, 4) is 0 Å². The molecule has 0 unspecified atom stereocenters. The summed E-state index contributed by atoms with van der Waals surface area (Å²) in [6.45, 7) is 11.3. The zero-order valence-corrected chi connectivity index (χ0v) is 8.04. The minimum Gasteiger partial charge on any atom is -0.272 e. The number of aryl methyl sites for hydroxylation is 1. The maximum atomic E-state index is 4.37. The molecule has 0 amide bonds. The van der Waals surface area contributed by atoms with E-state index in [0.29, 0.717) is 5.92 Å². The predicted octanol–water partition coefficient (Wildman–Crippen LogP) is 2.57. The quantitative estimate of drug-likeness (QED) is 0.671. The van der Waals surface area contributed by atoms with E-state index in [0.717, 1.165) is 17.8 Å². The summed E-state index contributed by atoms with van der Waals surface area (Å²) in [5.74, 6) is 0.477. The van der Waals surface area contributed by atoms with Gasteiger partial charge < -0.3 is 0 Å². The Morgan fingerprint density at radius 2 is 2.33 bits per heavy atom. The lowest BCUT2D eigenvalue weighted by molar-refractivity contribution is 0.654. The molecule has 0 aliphatic heterocycles. The van der Waals surface area contributed by atoms with E-state index in [9.17, 15) is 0 Å². The lowest BCUT2D eigenvalue weighted by Gasteiger charge is -2.04. The van der Waals surface area contributed by atoms with Gasteiger partial charge in [-0.1, -0.05) is 20.4 Å². The second-order valence-corrected chi connectivity index (χ2v) is 3.24. The van der Waals surface area contributed by atoms with Crippen LogP contribution in [0.5, 0.6) is 0 Å². The van der Waals surface area contributed by atoms with Crippen LogP contribution in [0.1, 0.15) is 26.5 Å². The zero-order chi connectivity index (χ0) is 9.14. The van der Waals surface area contributed by atoms with Crippen LogP contribution >= 0.6 is 0 Å². The van der Waals surface area contributed by atoms with Crippen molar-refractivity contribution in [2.75, 3.05) is 0 Å². The van der Waals surface area contributed by atoms with E-state index in [1.807, 2.05) is 16.9 Å². The van der Waals surface area contributed by atoms with Crippen LogP contribution in [0.2, 0.25) is 0 Å². The fourth-order valence-corrected chi connectivity index (χ4v) is 1.00. The third kappa shape index (κ3) is 1.76. The van der Waals surface area contributed by atoms with Gasteiger partial charge in [0, 0.05) is 12.7 Å². The van der Waals surface area contributed by atoms with Crippen molar-refractivity contribution in [2.24, 2.45) is 5.92 Å². The van der Waals surface area contributed by atoms with Crippen LogP contribution in [0.3, 0.4) is 0 Å². The highest BCUT2D eigenvalue weighted by atomic mass is 15.3. The van der Waals surface area contributed by atoms with Crippen LogP contribution in [-0.4, -0.2) is 9.78 Å². The molecule has 12 heavy (non-hydrogen) atoms. The normalized spacial score (nSPS) is 10.7. The Bertz CT molecular complexity index is 271. The summed E-state index contributed by atoms with van der Waals surface area (Å²) in [5, 5.41) is 4.37. The van der Waals surface area contributed by atoms with Gasteiger partial charge in [0.1, 0.15) is 0 Å². The Morgan fingerprint density at radius 1 is 1.67 bits per heavy atom. The van der Waals surface area contributed by atoms with E-state index < -0.39 is 0 Å². The minimum atomic E-state index is 0.477. The largest absolute Gasteiger partial charge is 0.272 e. The van der Waals surface area contributed by atoms with Gasteiger partial charge in [-0.25, -0.2) is 0 Å². The molecule has 1 rings (SSSR count). The third-order valence-electron chi connectivity index (χ3n) is 1.99. The molecule has 0 saturated heterocycles. The number of hydrogen-bond acceptors (Lipinski definition) is 1. The fraction of sp³-hybridized carbons (Fsp3) is 0.500. The van der Waals surface area contributed by atoms with Crippen LogP contribution in [0, 0.1) is 5.92 Å². The summed E-state index contributed by atoms with van der Waals surface area (Å²) in [4.78, 5) is 0. The average molecular weight is 164 g/mol. The van der Waals surface area contributed by atoms with Crippen molar-refractivity contribution < 1.29 is 0 Å². The summed E-state index contributed by atoms with van der Waals surface area (Å²) < 4.78 is 1.92. The first kappa shape index (κ1) is 9.04. The van der Waals surface area contributed by atoms with Gasteiger partial charge in [0.2, 0.25) is 0 Å². The lowest BCUT2D eigenvalue weighted by Crippen LogP contribution is -1.97. The van der Waals surface area contributed by atoms with Crippen molar-refractivity contribution in [3.63, 3.8) is 0 Å². The Balaban J connectivity index is 2.82. The number of nitrogens with zero attached hydrogens (tertiary/aromatic N) is 2. The molecule has 0 bridgehead atoms. The summed E-state index contributed by atoms with van der Waals surface area (Å²) in [5.41, 5.74) is 2.13. The van der Waals surface area contributed by atoms with Gasteiger partial charge in [-0.15, -0.1) is 0 Å². The molecule has 1 aromatic rings. The predicted molar refractivity (Wildman–Crippen MR) is 51.8 cm³/mol. The van der Waals surface area contributed by atoms with Crippen molar-refractivity contribution >= 4 is 5.57 Å². The molecular weight excluding hydrogens is 148 g/mol. The maximum absolute atomic E-state index is 4.37. The molecule has 0 radical (unpaired) electrons. The van der Waals surface area contributed by atoms with E-state index in [1.165, 1.54) is 0 Å². The van der Waals surface area contributed by atoms with Gasteiger partial charge in [-0.2, -0.15) is 5.10 Å². The molecule has 0 aromatic carbocycles. The molecular formula is C10H16N2. The first-order valence-corrected chi connectivity index (χ1v) is 4.37. The third-order valence-corrected chi connectivity index (χ3v) is 1.99. The van der Waals surface area contributed by atoms with Gasteiger partial charge in [-0.3, -0.25) is 4.68 Å². The molecule has 2 heteroatoms. The van der Waals surface area contributed by atoms with Crippen molar-refractivity contribution in [2.45, 2.75) is 27.3 Å². The van der Waals surface area contributed by atoms with Crippen molar-refractivity contribution in [3.05, 3.63) is 24.5 Å². The second kappa shape index (κ2) is 3.57. The average Bonchev–Trinajstić information content (AvgIpc) is 2.50. The minimum absolute atomic E-state index is 0.477. The SMILES string of the molecule is C=C(c1ccn(CC)n1)C(C)C. The Labute approximate surface area is 73.9 Å². The molecule has 2 nitrogen and oxygen atoms in total. The molecule has 0 aliphatic carbocycles. The summed E-state index contributed by atoms with van der Waals surface area (Å²) >= 11 is 0. The Hall–Kier alpha value is -1.05. The van der Waals surface area contributed by atoms with Crippen molar-refractivity contribution in [1.82, 2.24) is 9.78 Å². The highest BCUT2D eigenvalue weighted by Gasteiger charge is 2.05. The van der Waals surface area contributed by atoms with Crippen LogP contribution in [-0.2, 0) is 6.54 Å². The Morgan fingerprint density at radius 3 is 2.75 bits per heavy atom. The summed E-state index contributed by atoms with van der Waals surface area (Å²) in [6.07, 6.45) is 1.99. The fourth-order valence-electron chi connectivity index (χ4n) is 1.00. The first-order chi connectivity index (χ1) is 5.65. The highest BCUT2D eigenvalue weighted by Crippen LogP contribution is 2.18. The second-order valence-electron chi connectivity index (χ2n) is 3.24. The molecule has 1 heterocycles. The zero-order valence-electron chi connectivity index (χ0n) is 8.04. The standard InChI is InChI=1S/C10H16N2/c1-5-12-7-6-10(11-12)9(4)8(2)3/h6-8H,4-5H2,1-3H3. The van der Waals surface area contributed by atoms with Crippen LogP contribution < -0.4 is 0 Å². The Kier molecular flexibility index (Phi) is 2.69. The number of rotatable bonds is 3. The van der Waals surface area contributed by atoms with Crippen LogP contribution in [0.25, 0.3) is 5.57 Å². The van der Waals surface area contributed by atoms with Gasteiger partial charge >= 0.3 is 0 Å². The van der Waals surface area contributed by atoms with Crippen LogP contribution in [0.15, 0.2) is 18.8 Å². The molecule has 0 N–H and O–H groups in total. The van der Waals surface area contributed by atoms with Gasteiger partial charge in [0.15, 0.2) is 0 Å². The van der Waals surface area contributed by atoms with E-state index in [2.05, 4.69) is 32.4 Å². The molecule has 0 saturated carbocycles. The maximum Gasteiger partial charge on any atom is 0.0879 e. The first-order valence-electron chi connectivity index (χ1n) is 4.37. The van der Waals surface area contributed by atoms with Gasteiger partial charge in [-0.05, 0) is 24.5 Å². The van der Waals surface area contributed by atoms with E-state index in [1.54, 1.807) is 0 Å². The number of aromatic nitrogens is 2. The van der Waals surface area contributed by atoms with E-state index in [-0.39, 0.29) is 0 Å². The van der Waals surface area contributed by atoms with E-state index >= 15 is 0 Å². The van der Waals surface area contributed by atoms with E-state index in [4.69, 9.17) is 0 Å². The van der Waals surface area contributed by atoms with Gasteiger partial charge in [0.05, 0.1) is 5.69 Å². The number of allylic oxidation sites excluding steroid dienone is 1. The summed E-state index contributed by atoms with van der Waals surface area (Å²) in [6, 6.07) is 2.02. The lowest BCUT2D eigenvalue weighted by atomic mass is 10.0. The smallest absolute Gasteiger partial charge is 0.0879 e. The molecule has 0 aliphatic rings. The molecule has 0 atom stereocenters. The number of hydrogen-bond donors (Lipinski definition) is 0. The van der Waals surface area contributed by atoms with Crippen LogP contribution in [0.4, 0.5) is 0 Å². The molecule has 0 spiro atoms. The molecule has 66 valence electrons. The topological polar surface area (TPSA) is 17.8 Å². The molecule has 0 fully saturated rings. The highest BCUT2D eigenvalue weighted by molar-refractivity contribution is 5.60. The molecule has 1 aromatic heterocycles. The van der Waals surface area contributed by atoms with Gasteiger partial charge in [0.25, 0.3) is 0 Å². The monoisotopic (exact) mass is 164 g/mol.